The molecule has 1 aliphatic rings. The monoisotopic (exact) mass is 358 g/mol. The largest absolute Gasteiger partial charge is 0.349 e. The molecule has 1 saturated heterocycles. The van der Waals surface area contributed by atoms with E-state index in [9.17, 15) is 9.59 Å². The Bertz CT molecular complexity index is 745. The van der Waals surface area contributed by atoms with Crippen molar-refractivity contribution in [3.05, 3.63) is 47.0 Å². The van der Waals surface area contributed by atoms with E-state index in [2.05, 4.69) is 22.4 Å². The van der Waals surface area contributed by atoms with Crippen LogP contribution in [0.25, 0.3) is 0 Å². The topological polar surface area (TPSA) is 65.5 Å². The summed E-state index contributed by atoms with van der Waals surface area (Å²) >= 11 is 1.33. The van der Waals surface area contributed by atoms with Crippen LogP contribution in [-0.2, 0) is 6.42 Å². The van der Waals surface area contributed by atoms with Gasteiger partial charge in [-0.2, -0.15) is 0 Å². The number of aromatic nitrogens is 1. The highest BCUT2D eigenvalue weighted by molar-refractivity contribution is 7.14. The van der Waals surface area contributed by atoms with E-state index in [0.717, 1.165) is 6.42 Å². The standard InChI is InChI=1S/C18H22N4O2S/c1-13(2)19-16(23)15-12-25-17(20-15)22-11-10-21(18(22)24)9-8-14-6-4-3-5-7-14/h3-7,12-13H,8-11H2,1-2H3,(H,19,23). The lowest BCUT2D eigenvalue weighted by molar-refractivity contribution is 0.0938. The maximum Gasteiger partial charge on any atom is 0.326 e. The Morgan fingerprint density at radius 1 is 1.28 bits per heavy atom. The van der Waals surface area contributed by atoms with Crippen molar-refractivity contribution in [1.82, 2.24) is 15.2 Å². The lowest BCUT2D eigenvalue weighted by atomic mass is 10.1. The summed E-state index contributed by atoms with van der Waals surface area (Å²) < 4.78 is 0. The molecule has 1 aromatic heterocycles. The average Bonchev–Trinajstić information content (AvgIpc) is 3.20. The number of anilines is 1. The molecule has 3 amide bonds. The van der Waals surface area contributed by atoms with Crippen molar-refractivity contribution in [3.8, 4) is 0 Å². The lowest BCUT2D eigenvalue weighted by Gasteiger charge is -2.16. The molecule has 0 unspecified atom stereocenters. The van der Waals surface area contributed by atoms with Gasteiger partial charge in [0.1, 0.15) is 5.69 Å². The second-order valence-corrected chi connectivity index (χ2v) is 7.14. The number of carbonyl (C=O) groups is 2. The Kier molecular flexibility index (Phi) is 5.33. The normalized spacial score (nSPS) is 14.4. The summed E-state index contributed by atoms with van der Waals surface area (Å²) in [5, 5.41) is 5.10. The van der Waals surface area contributed by atoms with Gasteiger partial charge in [-0.05, 0) is 25.8 Å². The summed E-state index contributed by atoms with van der Waals surface area (Å²) in [6, 6.07) is 10.2. The van der Waals surface area contributed by atoms with E-state index in [1.54, 1.807) is 10.3 Å². The second kappa shape index (κ2) is 7.65. The first-order chi connectivity index (χ1) is 12.0. The number of carbonyl (C=O) groups excluding carboxylic acids is 2. The molecule has 1 aliphatic heterocycles. The van der Waals surface area contributed by atoms with Crippen LogP contribution in [0.1, 0.15) is 29.9 Å². The van der Waals surface area contributed by atoms with Crippen LogP contribution < -0.4 is 10.2 Å². The molecular formula is C18H22N4O2S. The van der Waals surface area contributed by atoms with Crippen molar-refractivity contribution in [3.63, 3.8) is 0 Å². The van der Waals surface area contributed by atoms with Gasteiger partial charge in [-0.25, -0.2) is 9.78 Å². The second-order valence-electron chi connectivity index (χ2n) is 6.30. The van der Waals surface area contributed by atoms with Crippen molar-refractivity contribution in [1.29, 1.82) is 0 Å². The molecule has 0 bridgehead atoms. The molecule has 2 aromatic rings. The summed E-state index contributed by atoms with van der Waals surface area (Å²) in [4.78, 5) is 32.4. The maximum absolute atomic E-state index is 12.6. The fourth-order valence-corrected chi connectivity index (χ4v) is 3.53. The van der Waals surface area contributed by atoms with Gasteiger partial charge in [0.15, 0.2) is 5.13 Å². The molecule has 25 heavy (non-hydrogen) atoms. The zero-order valence-electron chi connectivity index (χ0n) is 14.4. The molecule has 0 spiro atoms. The van der Waals surface area contributed by atoms with E-state index in [1.165, 1.54) is 16.9 Å². The van der Waals surface area contributed by atoms with E-state index < -0.39 is 0 Å². The van der Waals surface area contributed by atoms with Crippen molar-refractivity contribution in [2.75, 3.05) is 24.5 Å². The average molecular weight is 358 g/mol. The summed E-state index contributed by atoms with van der Waals surface area (Å²) in [5.74, 6) is -0.204. The SMILES string of the molecule is CC(C)NC(=O)c1csc(N2CCN(CCc3ccccc3)C2=O)n1. The van der Waals surface area contributed by atoms with Gasteiger partial charge in [-0.3, -0.25) is 9.69 Å². The van der Waals surface area contributed by atoms with Gasteiger partial charge in [0.05, 0.1) is 0 Å². The molecule has 1 N–H and O–H groups in total. The number of benzene rings is 1. The highest BCUT2D eigenvalue weighted by Gasteiger charge is 2.31. The fraction of sp³-hybridized carbons (Fsp3) is 0.389. The van der Waals surface area contributed by atoms with Crippen LogP contribution in [0.4, 0.5) is 9.93 Å². The van der Waals surface area contributed by atoms with Gasteiger partial charge < -0.3 is 10.2 Å². The number of amides is 3. The van der Waals surface area contributed by atoms with E-state index in [-0.39, 0.29) is 18.0 Å². The first-order valence-corrected chi connectivity index (χ1v) is 9.29. The number of nitrogens with zero attached hydrogens (tertiary/aromatic N) is 3. The molecule has 3 rings (SSSR count). The zero-order valence-corrected chi connectivity index (χ0v) is 15.3. The maximum atomic E-state index is 12.6. The third kappa shape index (κ3) is 4.17. The van der Waals surface area contributed by atoms with Gasteiger partial charge in [0, 0.05) is 31.1 Å². The van der Waals surface area contributed by atoms with Crippen LogP contribution in [0.2, 0.25) is 0 Å². The van der Waals surface area contributed by atoms with Gasteiger partial charge >= 0.3 is 6.03 Å². The van der Waals surface area contributed by atoms with Crippen LogP contribution in [-0.4, -0.2) is 47.5 Å². The molecule has 0 atom stereocenters. The Hall–Kier alpha value is -2.41. The minimum atomic E-state index is -0.204. The molecule has 6 nitrogen and oxygen atoms in total. The molecule has 0 aliphatic carbocycles. The van der Waals surface area contributed by atoms with Crippen molar-refractivity contribution in [2.24, 2.45) is 0 Å². The third-order valence-electron chi connectivity index (χ3n) is 3.98. The van der Waals surface area contributed by atoms with E-state index in [1.807, 2.05) is 36.9 Å². The van der Waals surface area contributed by atoms with Gasteiger partial charge in [0.25, 0.3) is 5.91 Å². The predicted octanol–water partition coefficient (Wildman–Crippen LogP) is 2.77. The summed E-state index contributed by atoms with van der Waals surface area (Å²) in [7, 11) is 0. The van der Waals surface area contributed by atoms with Crippen LogP contribution >= 0.6 is 11.3 Å². The lowest BCUT2D eigenvalue weighted by Crippen LogP contribution is -2.33. The van der Waals surface area contributed by atoms with Crippen LogP contribution in [0.5, 0.6) is 0 Å². The number of urea groups is 1. The number of nitrogens with one attached hydrogen (secondary N) is 1. The molecule has 0 saturated carbocycles. The number of thiazole rings is 1. The third-order valence-corrected chi connectivity index (χ3v) is 4.85. The van der Waals surface area contributed by atoms with Crippen LogP contribution in [0.15, 0.2) is 35.7 Å². The Labute approximate surface area is 151 Å². The van der Waals surface area contributed by atoms with E-state index in [0.29, 0.717) is 30.5 Å². The summed E-state index contributed by atoms with van der Waals surface area (Å²) in [6.45, 7) is 5.77. The highest BCUT2D eigenvalue weighted by atomic mass is 32.1. The Morgan fingerprint density at radius 3 is 2.76 bits per heavy atom. The van der Waals surface area contributed by atoms with E-state index >= 15 is 0 Å². The van der Waals surface area contributed by atoms with E-state index in [4.69, 9.17) is 0 Å². The van der Waals surface area contributed by atoms with Gasteiger partial charge in [-0.1, -0.05) is 30.3 Å². The minimum Gasteiger partial charge on any atom is -0.349 e. The van der Waals surface area contributed by atoms with Crippen LogP contribution in [0.3, 0.4) is 0 Å². The Morgan fingerprint density at radius 2 is 2.04 bits per heavy atom. The molecular weight excluding hydrogens is 336 g/mol. The molecule has 7 heteroatoms. The van der Waals surface area contributed by atoms with Crippen molar-refractivity contribution < 1.29 is 9.59 Å². The molecule has 1 aromatic carbocycles. The van der Waals surface area contributed by atoms with Gasteiger partial charge in [-0.15, -0.1) is 11.3 Å². The first kappa shape index (κ1) is 17.4. The quantitative estimate of drug-likeness (QED) is 0.863. The summed E-state index contributed by atoms with van der Waals surface area (Å²) in [6.07, 6.45) is 0.834. The fourth-order valence-electron chi connectivity index (χ4n) is 2.71. The minimum absolute atomic E-state index is 0.0406. The number of hydrogen-bond acceptors (Lipinski definition) is 4. The molecule has 0 radical (unpaired) electrons. The highest BCUT2D eigenvalue weighted by Crippen LogP contribution is 2.24. The van der Waals surface area contributed by atoms with Crippen molar-refractivity contribution in [2.45, 2.75) is 26.3 Å². The predicted molar refractivity (Wildman–Crippen MR) is 99.2 cm³/mol. The number of rotatable bonds is 6. The van der Waals surface area contributed by atoms with Crippen LogP contribution in [0, 0.1) is 0 Å². The zero-order chi connectivity index (χ0) is 17.8. The molecule has 132 valence electrons. The van der Waals surface area contributed by atoms with Crippen molar-refractivity contribution >= 4 is 28.4 Å². The number of hydrogen-bond donors (Lipinski definition) is 1. The Balaban J connectivity index is 1.60. The first-order valence-electron chi connectivity index (χ1n) is 8.41. The van der Waals surface area contributed by atoms with Gasteiger partial charge in [0.2, 0.25) is 0 Å². The molecule has 2 heterocycles. The molecule has 1 fully saturated rings. The smallest absolute Gasteiger partial charge is 0.326 e. The summed E-state index contributed by atoms with van der Waals surface area (Å²) in [5.41, 5.74) is 1.58.